The molecular formula is C33H39F3N2O5S. The molecule has 44 heavy (non-hydrogen) atoms. The number of halogens is 3. The number of carbonyl (C=O) groups excluding carboxylic acids is 1. The number of ether oxygens (including phenoxy) is 1. The molecule has 2 N–H and O–H groups in total. The number of nitrogens with one attached hydrogen (secondary N) is 1. The van der Waals surface area contributed by atoms with Gasteiger partial charge < -0.3 is 9.84 Å². The molecule has 7 nitrogen and oxygen atoms in total. The van der Waals surface area contributed by atoms with Gasteiger partial charge in [-0.1, -0.05) is 76.6 Å². The van der Waals surface area contributed by atoms with Gasteiger partial charge in [0.1, 0.15) is 11.4 Å². The Balaban J connectivity index is 0.00000259. The summed E-state index contributed by atoms with van der Waals surface area (Å²) in [6, 6.07) is 17.6. The number of hydrogen-bond donors (Lipinski definition) is 2. The van der Waals surface area contributed by atoms with E-state index in [2.05, 4.69) is 9.71 Å². The summed E-state index contributed by atoms with van der Waals surface area (Å²) in [5, 5.41) is 10.6. The largest absolute Gasteiger partial charge is 0.512 e. The van der Waals surface area contributed by atoms with Crippen molar-refractivity contribution >= 4 is 21.7 Å². The van der Waals surface area contributed by atoms with Gasteiger partial charge in [-0.3, -0.25) is 4.72 Å². The van der Waals surface area contributed by atoms with Gasteiger partial charge in [0.05, 0.1) is 11.1 Å². The number of nitrogens with zero attached hydrogens (tertiary/aromatic N) is 1. The molecule has 1 aliphatic rings. The fraction of sp³-hybridized carbons (Fsp3) is 0.394. The number of aliphatic hydroxyl groups is 1. The number of hydrogen-bond acceptors (Lipinski definition) is 6. The van der Waals surface area contributed by atoms with Crippen molar-refractivity contribution in [1.82, 2.24) is 4.98 Å². The zero-order chi connectivity index (χ0) is 32.5. The Bertz CT molecular complexity index is 1540. The number of aromatic nitrogens is 1. The maximum Gasteiger partial charge on any atom is 0.417 e. The standard InChI is InChI=1S/C31H33F3N2O5S.C2H6/c1-3-16-30(17-15-21-9-6-5-7-10-21)19-26(37)28(29(38)41-30)25(4-2)22-11-8-12-24(18-22)36-42(39,40)27-14-13-23(20-35-27)31(32,33)34;1-2/h5-14,18,20,25,36-37H,3-4,15-17,19H2,1-2H3;1-2H3/t25?,30-;/m1./s1. The highest BCUT2D eigenvalue weighted by Crippen LogP contribution is 2.42. The molecule has 2 atom stereocenters. The Kier molecular flexibility index (Phi) is 11.6. The van der Waals surface area contributed by atoms with Crippen molar-refractivity contribution < 1.29 is 36.2 Å². The van der Waals surface area contributed by atoms with Gasteiger partial charge in [0.25, 0.3) is 10.0 Å². The van der Waals surface area contributed by atoms with E-state index in [1.165, 1.54) is 12.1 Å². The molecule has 0 amide bonds. The molecule has 0 radical (unpaired) electrons. The van der Waals surface area contributed by atoms with Gasteiger partial charge in [-0.25, -0.2) is 9.78 Å². The second kappa shape index (κ2) is 14.7. The Morgan fingerprint density at radius 2 is 1.73 bits per heavy atom. The molecule has 238 valence electrons. The highest BCUT2D eigenvalue weighted by Gasteiger charge is 2.43. The minimum atomic E-state index is -4.65. The summed E-state index contributed by atoms with van der Waals surface area (Å²) in [6.45, 7) is 7.83. The Morgan fingerprint density at radius 3 is 2.30 bits per heavy atom. The van der Waals surface area contributed by atoms with Crippen LogP contribution in [0.25, 0.3) is 0 Å². The second-order valence-electron chi connectivity index (χ2n) is 10.4. The van der Waals surface area contributed by atoms with E-state index in [0.717, 1.165) is 18.1 Å². The van der Waals surface area contributed by atoms with Crippen LogP contribution in [0.1, 0.15) is 82.4 Å². The Morgan fingerprint density at radius 1 is 1.02 bits per heavy atom. The monoisotopic (exact) mass is 632 g/mol. The van der Waals surface area contributed by atoms with Crippen molar-refractivity contribution in [2.24, 2.45) is 0 Å². The van der Waals surface area contributed by atoms with Gasteiger partial charge in [0.15, 0.2) is 5.03 Å². The third-order valence-corrected chi connectivity index (χ3v) is 8.68. The summed E-state index contributed by atoms with van der Waals surface area (Å²) in [6.07, 6.45) is -1.00. The zero-order valence-corrected chi connectivity index (χ0v) is 26.1. The molecule has 0 saturated heterocycles. The highest BCUT2D eigenvalue weighted by molar-refractivity contribution is 7.92. The van der Waals surface area contributed by atoms with Crippen molar-refractivity contribution in [3.8, 4) is 0 Å². The van der Waals surface area contributed by atoms with Crippen LogP contribution in [-0.2, 0) is 32.2 Å². The summed E-state index contributed by atoms with van der Waals surface area (Å²) < 4.78 is 72.6. The lowest BCUT2D eigenvalue weighted by Crippen LogP contribution is -2.41. The van der Waals surface area contributed by atoms with E-state index < -0.39 is 44.3 Å². The summed E-state index contributed by atoms with van der Waals surface area (Å²) >= 11 is 0. The van der Waals surface area contributed by atoms with Gasteiger partial charge in [0, 0.05) is 24.2 Å². The van der Waals surface area contributed by atoms with Crippen molar-refractivity contribution in [2.75, 3.05) is 4.72 Å². The van der Waals surface area contributed by atoms with E-state index in [4.69, 9.17) is 4.74 Å². The van der Waals surface area contributed by atoms with Gasteiger partial charge in [0.2, 0.25) is 0 Å². The number of rotatable bonds is 11. The maximum atomic E-state index is 13.4. The van der Waals surface area contributed by atoms with Crippen molar-refractivity contribution in [2.45, 2.75) is 88.9 Å². The van der Waals surface area contributed by atoms with E-state index in [9.17, 15) is 31.5 Å². The molecule has 1 aliphatic heterocycles. The van der Waals surface area contributed by atoms with Crippen molar-refractivity contribution in [3.05, 3.63) is 101 Å². The number of aliphatic hydroxyl groups excluding tert-OH is 1. The van der Waals surface area contributed by atoms with E-state index in [0.29, 0.717) is 43.5 Å². The highest BCUT2D eigenvalue weighted by atomic mass is 32.2. The molecule has 2 heterocycles. The number of sulfonamides is 1. The molecular weight excluding hydrogens is 593 g/mol. The van der Waals surface area contributed by atoms with Gasteiger partial charge >= 0.3 is 12.1 Å². The van der Waals surface area contributed by atoms with Crippen LogP contribution in [0.5, 0.6) is 0 Å². The number of cyclic esters (lactones) is 1. The maximum absolute atomic E-state index is 13.4. The third kappa shape index (κ3) is 8.40. The Hall–Kier alpha value is -3.86. The predicted molar refractivity (Wildman–Crippen MR) is 164 cm³/mol. The molecule has 0 saturated carbocycles. The number of anilines is 1. The summed E-state index contributed by atoms with van der Waals surface area (Å²) in [4.78, 5) is 16.9. The van der Waals surface area contributed by atoms with Crippen LogP contribution in [0.2, 0.25) is 0 Å². The lowest BCUT2D eigenvalue weighted by molar-refractivity contribution is -0.161. The summed E-state index contributed by atoms with van der Waals surface area (Å²) in [5.41, 5.74) is 0.0252. The first-order chi connectivity index (χ1) is 20.9. The molecule has 1 unspecified atom stereocenters. The van der Waals surface area contributed by atoms with Gasteiger partial charge in [-0.05, 0) is 61.1 Å². The number of aryl methyl sites for hydroxylation is 1. The molecule has 0 fully saturated rings. The average molecular weight is 633 g/mol. The first-order valence-corrected chi connectivity index (χ1v) is 16.2. The average Bonchev–Trinajstić information content (AvgIpc) is 2.99. The minimum absolute atomic E-state index is 0.0421. The number of benzene rings is 2. The van der Waals surface area contributed by atoms with Crippen LogP contribution in [0.3, 0.4) is 0 Å². The van der Waals surface area contributed by atoms with Crippen LogP contribution >= 0.6 is 0 Å². The third-order valence-electron chi connectivity index (χ3n) is 7.38. The molecule has 4 rings (SSSR count). The van der Waals surface area contributed by atoms with E-state index >= 15 is 0 Å². The number of carbonyl (C=O) groups is 1. The van der Waals surface area contributed by atoms with Crippen LogP contribution in [0, 0.1) is 0 Å². The lowest BCUT2D eigenvalue weighted by Gasteiger charge is -2.38. The molecule has 0 spiro atoms. The van der Waals surface area contributed by atoms with Crippen LogP contribution in [-0.4, -0.2) is 30.1 Å². The van der Waals surface area contributed by atoms with Gasteiger partial charge in [-0.2, -0.15) is 21.6 Å². The molecule has 2 aromatic carbocycles. The molecule has 11 heteroatoms. The van der Waals surface area contributed by atoms with Crippen LogP contribution in [0.4, 0.5) is 18.9 Å². The minimum Gasteiger partial charge on any atom is -0.512 e. The number of pyridine rings is 1. The summed E-state index contributed by atoms with van der Waals surface area (Å²) in [5.74, 6) is -1.23. The van der Waals surface area contributed by atoms with Crippen LogP contribution in [0.15, 0.2) is 89.3 Å². The van der Waals surface area contributed by atoms with Crippen molar-refractivity contribution in [1.29, 1.82) is 0 Å². The fourth-order valence-electron chi connectivity index (χ4n) is 5.37. The number of alkyl halides is 3. The van der Waals surface area contributed by atoms with Crippen molar-refractivity contribution in [3.63, 3.8) is 0 Å². The smallest absolute Gasteiger partial charge is 0.417 e. The van der Waals surface area contributed by atoms with E-state index in [1.807, 2.05) is 58.0 Å². The summed E-state index contributed by atoms with van der Waals surface area (Å²) in [7, 11) is -4.30. The molecule has 3 aromatic rings. The topological polar surface area (TPSA) is 106 Å². The first kappa shape index (κ1) is 34.6. The zero-order valence-electron chi connectivity index (χ0n) is 25.3. The quantitative estimate of drug-likeness (QED) is 0.206. The second-order valence-corrected chi connectivity index (χ2v) is 12.0. The number of esters is 1. The normalized spacial score (nSPS) is 17.8. The molecule has 1 aromatic heterocycles. The van der Waals surface area contributed by atoms with E-state index in [1.54, 1.807) is 12.1 Å². The molecule has 0 aliphatic carbocycles. The van der Waals surface area contributed by atoms with Crippen LogP contribution < -0.4 is 4.72 Å². The first-order valence-electron chi connectivity index (χ1n) is 14.7. The Labute approximate surface area is 257 Å². The molecule has 0 bridgehead atoms. The lowest BCUT2D eigenvalue weighted by atomic mass is 9.80. The predicted octanol–water partition coefficient (Wildman–Crippen LogP) is 8.35. The SMILES string of the molecule is CC.CCC[C@@]1(CCc2ccccc2)CC(O)=C(C(CC)c2cccc(NS(=O)(=O)c3ccc(C(F)(F)F)cn3)c2)C(=O)O1. The fourth-order valence-corrected chi connectivity index (χ4v) is 6.35. The van der Waals surface area contributed by atoms with Gasteiger partial charge in [-0.15, -0.1) is 0 Å². The van der Waals surface area contributed by atoms with E-state index in [-0.39, 0.29) is 23.4 Å².